The van der Waals surface area contributed by atoms with Crippen LogP contribution in [-0.2, 0) is 13.0 Å². The first-order chi connectivity index (χ1) is 11.5. The Morgan fingerprint density at radius 3 is 2.67 bits per heavy atom. The largest absolute Gasteiger partial charge is 0.326 e. The molecule has 3 aromatic rings. The molecule has 0 fully saturated rings. The summed E-state index contributed by atoms with van der Waals surface area (Å²) in [5.74, 6) is -3.14. The van der Waals surface area contributed by atoms with Crippen molar-refractivity contribution in [1.29, 1.82) is 0 Å². The SMILES string of the molecule is N[C@H](Cc1cc(F)c(F)cc1F)Cn1cc(-c2cccnc2)nn1. The highest BCUT2D eigenvalue weighted by Crippen LogP contribution is 2.16. The quantitative estimate of drug-likeness (QED) is 0.728. The van der Waals surface area contributed by atoms with E-state index in [4.69, 9.17) is 5.73 Å². The topological polar surface area (TPSA) is 69.6 Å². The molecule has 2 N–H and O–H groups in total. The fraction of sp³-hybridized carbons (Fsp3) is 0.188. The molecular formula is C16H14F3N5. The Labute approximate surface area is 135 Å². The minimum Gasteiger partial charge on any atom is -0.326 e. The molecule has 1 atom stereocenters. The number of aromatic nitrogens is 4. The zero-order valence-electron chi connectivity index (χ0n) is 12.5. The van der Waals surface area contributed by atoms with E-state index in [9.17, 15) is 13.2 Å². The lowest BCUT2D eigenvalue weighted by Gasteiger charge is -2.12. The highest BCUT2D eigenvalue weighted by atomic mass is 19.2. The van der Waals surface area contributed by atoms with E-state index < -0.39 is 23.5 Å². The highest BCUT2D eigenvalue weighted by Gasteiger charge is 2.14. The third-order valence-electron chi connectivity index (χ3n) is 3.49. The van der Waals surface area contributed by atoms with Gasteiger partial charge in [0.2, 0.25) is 0 Å². The van der Waals surface area contributed by atoms with Gasteiger partial charge in [-0.1, -0.05) is 5.21 Å². The van der Waals surface area contributed by atoms with Crippen molar-refractivity contribution in [3.8, 4) is 11.3 Å². The summed E-state index contributed by atoms with van der Waals surface area (Å²) in [4.78, 5) is 4.00. The van der Waals surface area contributed by atoms with Crippen molar-refractivity contribution < 1.29 is 13.2 Å². The summed E-state index contributed by atoms with van der Waals surface area (Å²) in [7, 11) is 0. The molecule has 0 bridgehead atoms. The molecule has 2 heterocycles. The third kappa shape index (κ3) is 3.60. The standard InChI is InChI=1S/C16H14F3N5/c17-13-6-15(19)14(18)5-11(13)4-12(20)8-24-9-16(22-23-24)10-2-1-3-21-7-10/h1-3,5-7,9,12H,4,8,20H2/t12-/m1/s1. The number of hydrogen-bond donors (Lipinski definition) is 1. The van der Waals surface area contributed by atoms with Gasteiger partial charge in [-0.2, -0.15) is 0 Å². The van der Waals surface area contributed by atoms with Crippen LogP contribution >= 0.6 is 0 Å². The third-order valence-corrected chi connectivity index (χ3v) is 3.49. The Morgan fingerprint density at radius 1 is 1.12 bits per heavy atom. The summed E-state index contributed by atoms with van der Waals surface area (Å²) < 4.78 is 41.3. The summed E-state index contributed by atoms with van der Waals surface area (Å²) in [5, 5.41) is 7.98. The van der Waals surface area contributed by atoms with Crippen molar-refractivity contribution in [1.82, 2.24) is 20.0 Å². The van der Waals surface area contributed by atoms with Crippen LogP contribution in [0.4, 0.5) is 13.2 Å². The minimum absolute atomic E-state index is 0.0222. The average Bonchev–Trinajstić information content (AvgIpc) is 3.02. The maximum atomic E-state index is 13.7. The molecule has 1 aromatic carbocycles. The summed E-state index contributed by atoms with van der Waals surface area (Å²) >= 11 is 0. The smallest absolute Gasteiger partial charge is 0.161 e. The molecule has 2 aromatic heterocycles. The number of benzene rings is 1. The van der Waals surface area contributed by atoms with Gasteiger partial charge >= 0.3 is 0 Å². The van der Waals surface area contributed by atoms with E-state index in [1.807, 2.05) is 6.07 Å². The van der Waals surface area contributed by atoms with Gasteiger partial charge in [0.05, 0.1) is 12.7 Å². The van der Waals surface area contributed by atoms with Gasteiger partial charge in [-0.25, -0.2) is 13.2 Å². The van der Waals surface area contributed by atoms with Crippen LogP contribution in [0.2, 0.25) is 0 Å². The summed E-state index contributed by atoms with van der Waals surface area (Å²) in [6.07, 6.45) is 5.05. The Kier molecular flexibility index (Phi) is 4.57. The van der Waals surface area contributed by atoms with Gasteiger partial charge < -0.3 is 5.73 Å². The van der Waals surface area contributed by atoms with Crippen LogP contribution in [0.3, 0.4) is 0 Å². The van der Waals surface area contributed by atoms with Crippen LogP contribution in [0.15, 0.2) is 42.9 Å². The van der Waals surface area contributed by atoms with Crippen LogP contribution in [0.5, 0.6) is 0 Å². The van der Waals surface area contributed by atoms with Crippen LogP contribution in [0.25, 0.3) is 11.3 Å². The van der Waals surface area contributed by atoms with Crippen molar-refractivity contribution in [2.45, 2.75) is 19.0 Å². The first-order valence-electron chi connectivity index (χ1n) is 7.22. The van der Waals surface area contributed by atoms with Crippen molar-refractivity contribution in [3.63, 3.8) is 0 Å². The van der Waals surface area contributed by atoms with Gasteiger partial charge in [-0.05, 0) is 30.2 Å². The summed E-state index contributed by atoms with van der Waals surface area (Å²) in [6.45, 7) is 0.256. The molecule has 3 rings (SSSR count). The predicted octanol–water partition coefficient (Wildman–Crippen LogP) is 2.33. The first kappa shape index (κ1) is 16.1. The zero-order chi connectivity index (χ0) is 17.1. The summed E-state index contributed by atoms with van der Waals surface area (Å²) in [6, 6.07) is 4.44. The van der Waals surface area contributed by atoms with Gasteiger partial charge in [0, 0.05) is 30.1 Å². The van der Waals surface area contributed by atoms with Crippen LogP contribution in [-0.4, -0.2) is 26.0 Å². The molecule has 0 aliphatic carbocycles. The number of nitrogens with two attached hydrogens (primary N) is 1. The van der Waals surface area contributed by atoms with Crippen LogP contribution in [0.1, 0.15) is 5.56 Å². The van der Waals surface area contributed by atoms with Crippen molar-refractivity contribution in [3.05, 3.63) is 65.9 Å². The molecule has 0 saturated carbocycles. The lowest BCUT2D eigenvalue weighted by atomic mass is 10.1. The molecule has 8 heteroatoms. The monoisotopic (exact) mass is 333 g/mol. The van der Waals surface area contributed by atoms with Crippen molar-refractivity contribution in [2.75, 3.05) is 0 Å². The van der Waals surface area contributed by atoms with E-state index in [1.54, 1.807) is 24.7 Å². The number of hydrogen-bond acceptors (Lipinski definition) is 4. The number of halogens is 3. The van der Waals surface area contributed by atoms with Crippen molar-refractivity contribution >= 4 is 0 Å². The fourth-order valence-corrected chi connectivity index (χ4v) is 2.34. The number of rotatable bonds is 5. The van der Waals surface area contributed by atoms with Gasteiger partial charge in [-0.3, -0.25) is 9.67 Å². The Balaban J connectivity index is 1.69. The Morgan fingerprint density at radius 2 is 1.92 bits per heavy atom. The second-order valence-electron chi connectivity index (χ2n) is 5.39. The van der Waals surface area contributed by atoms with E-state index >= 15 is 0 Å². The van der Waals surface area contributed by atoms with Crippen LogP contribution < -0.4 is 5.73 Å². The maximum Gasteiger partial charge on any atom is 0.161 e. The van der Waals surface area contributed by atoms with Gasteiger partial charge in [0.15, 0.2) is 11.6 Å². The fourth-order valence-electron chi connectivity index (χ4n) is 2.34. The second-order valence-corrected chi connectivity index (χ2v) is 5.39. The van der Waals surface area contributed by atoms with E-state index in [1.165, 1.54) is 4.68 Å². The molecule has 0 amide bonds. The lowest BCUT2D eigenvalue weighted by Crippen LogP contribution is -2.29. The molecule has 0 spiro atoms. The second kappa shape index (κ2) is 6.79. The molecule has 5 nitrogen and oxygen atoms in total. The van der Waals surface area contributed by atoms with E-state index in [0.717, 1.165) is 11.6 Å². The maximum absolute atomic E-state index is 13.7. The Hall–Kier alpha value is -2.74. The molecule has 0 saturated heterocycles. The molecular weight excluding hydrogens is 319 g/mol. The van der Waals surface area contributed by atoms with E-state index in [-0.39, 0.29) is 18.5 Å². The Bertz CT molecular complexity index is 835. The molecule has 0 unspecified atom stereocenters. The first-order valence-corrected chi connectivity index (χ1v) is 7.22. The molecule has 0 aliphatic heterocycles. The number of pyridine rings is 1. The predicted molar refractivity (Wildman–Crippen MR) is 81.2 cm³/mol. The van der Waals surface area contributed by atoms with Crippen molar-refractivity contribution in [2.24, 2.45) is 5.73 Å². The highest BCUT2D eigenvalue weighted by molar-refractivity contribution is 5.55. The van der Waals surface area contributed by atoms with E-state index in [2.05, 4.69) is 15.3 Å². The lowest BCUT2D eigenvalue weighted by molar-refractivity contribution is 0.470. The molecule has 0 aliphatic rings. The van der Waals surface area contributed by atoms with Gasteiger partial charge in [0.25, 0.3) is 0 Å². The summed E-state index contributed by atoms with van der Waals surface area (Å²) in [5.41, 5.74) is 7.42. The average molecular weight is 333 g/mol. The zero-order valence-corrected chi connectivity index (χ0v) is 12.5. The normalized spacial score (nSPS) is 12.3. The van der Waals surface area contributed by atoms with Crippen LogP contribution in [0, 0.1) is 17.5 Å². The number of nitrogens with zero attached hydrogens (tertiary/aromatic N) is 4. The minimum atomic E-state index is -1.22. The molecule has 24 heavy (non-hydrogen) atoms. The molecule has 0 radical (unpaired) electrons. The van der Waals surface area contributed by atoms with Gasteiger partial charge in [0.1, 0.15) is 11.5 Å². The van der Waals surface area contributed by atoms with Gasteiger partial charge in [-0.15, -0.1) is 5.10 Å². The van der Waals surface area contributed by atoms with E-state index in [0.29, 0.717) is 11.8 Å². The molecule has 124 valence electrons.